The topological polar surface area (TPSA) is 115 Å². The van der Waals surface area contributed by atoms with Gasteiger partial charge in [0.15, 0.2) is 0 Å². The van der Waals surface area contributed by atoms with Gasteiger partial charge in [0.1, 0.15) is 5.84 Å². The second-order valence-corrected chi connectivity index (χ2v) is 8.05. The summed E-state index contributed by atoms with van der Waals surface area (Å²) in [5.41, 5.74) is 9.56. The predicted octanol–water partition coefficient (Wildman–Crippen LogP) is 3.22. The van der Waals surface area contributed by atoms with E-state index in [2.05, 4.69) is 16.3 Å². The third kappa shape index (κ3) is 5.92. The molecular formula is C24H31N5O2. The summed E-state index contributed by atoms with van der Waals surface area (Å²) in [6.07, 6.45) is 2.16. The molecule has 3 rings (SSSR count). The molecule has 0 unspecified atom stereocenters. The highest BCUT2D eigenvalue weighted by molar-refractivity contribution is 5.96. The van der Waals surface area contributed by atoms with Crippen LogP contribution in [0.1, 0.15) is 41.3 Å². The van der Waals surface area contributed by atoms with Gasteiger partial charge in [-0.15, -0.1) is 0 Å². The lowest BCUT2D eigenvalue weighted by Gasteiger charge is -2.32. The monoisotopic (exact) mass is 421 g/mol. The zero-order valence-electron chi connectivity index (χ0n) is 18.2. The van der Waals surface area contributed by atoms with Crippen LogP contribution in [0.4, 0.5) is 0 Å². The van der Waals surface area contributed by atoms with Gasteiger partial charge in [0.2, 0.25) is 0 Å². The second-order valence-electron chi connectivity index (χ2n) is 8.05. The van der Waals surface area contributed by atoms with E-state index in [0.29, 0.717) is 29.4 Å². The number of nitrogen functional groups attached to an aromatic ring is 1. The maximum Gasteiger partial charge on any atom is 0.337 e. The third-order valence-corrected chi connectivity index (χ3v) is 5.77. The first kappa shape index (κ1) is 22.5. The van der Waals surface area contributed by atoms with Crippen molar-refractivity contribution >= 4 is 17.6 Å². The quantitative estimate of drug-likeness (QED) is 0.311. The van der Waals surface area contributed by atoms with Gasteiger partial charge in [0.25, 0.3) is 0 Å². The summed E-state index contributed by atoms with van der Waals surface area (Å²) in [6, 6.07) is 13.2. The molecule has 164 valence electrons. The van der Waals surface area contributed by atoms with E-state index in [1.165, 1.54) is 7.11 Å². The molecule has 0 aromatic heterocycles. The number of ether oxygens (including phenoxy) is 1. The number of likely N-dealkylation sites (tertiary alicyclic amines) is 1. The molecule has 7 nitrogen and oxygen atoms in total. The number of esters is 1. The van der Waals surface area contributed by atoms with E-state index in [-0.39, 0.29) is 11.8 Å². The van der Waals surface area contributed by atoms with Gasteiger partial charge in [-0.1, -0.05) is 18.2 Å². The maximum atomic E-state index is 12.2. The van der Waals surface area contributed by atoms with Crippen LogP contribution >= 0.6 is 0 Å². The fraction of sp³-hybridized carbons (Fsp3) is 0.375. The number of nitrogens with one attached hydrogen (secondary N) is 3. The number of methoxy groups -OCH3 is 1. The molecule has 0 saturated carbocycles. The predicted molar refractivity (Wildman–Crippen MR) is 124 cm³/mol. The van der Waals surface area contributed by atoms with Crippen LogP contribution in [0.5, 0.6) is 0 Å². The molecule has 1 fully saturated rings. The molecule has 1 aliphatic heterocycles. The molecule has 2 aromatic rings. The fourth-order valence-corrected chi connectivity index (χ4v) is 3.96. The van der Waals surface area contributed by atoms with Crippen molar-refractivity contribution in [2.24, 2.45) is 11.7 Å². The van der Waals surface area contributed by atoms with Crippen LogP contribution in [0.2, 0.25) is 0 Å². The first-order valence-electron chi connectivity index (χ1n) is 10.6. The normalized spacial score (nSPS) is 14.3. The number of carbonyl (C=O) groups excluding carboxylic acids is 1. The van der Waals surface area contributed by atoms with Crippen LogP contribution in [0, 0.1) is 16.7 Å². The number of benzene rings is 2. The SMILES string of the molecule is COC(=O)c1cc(CNCC2CCN(C(C)=N)CC2)cc(-c2cccc(C(=N)N)c2)c1. The first-order chi connectivity index (χ1) is 14.9. The molecule has 31 heavy (non-hydrogen) atoms. The number of rotatable bonds is 7. The highest BCUT2D eigenvalue weighted by atomic mass is 16.5. The van der Waals surface area contributed by atoms with Crippen molar-refractivity contribution in [3.63, 3.8) is 0 Å². The van der Waals surface area contributed by atoms with Crippen molar-refractivity contribution in [3.8, 4) is 11.1 Å². The van der Waals surface area contributed by atoms with Gasteiger partial charge in [-0.05, 0) is 73.2 Å². The lowest BCUT2D eigenvalue weighted by molar-refractivity contribution is 0.0600. The number of hydrogen-bond donors (Lipinski definition) is 4. The van der Waals surface area contributed by atoms with Gasteiger partial charge < -0.3 is 20.7 Å². The Morgan fingerprint density at radius 3 is 2.48 bits per heavy atom. The van der Waals surface area contributed by atoms with Crippen molar-refractivity contribution in [1.82, 2.24) is 10.2 Å². The van der Waals surface area contributed by atoms with E-state index in [1.807, 2.05) is 37.3 Å². The first-order valence-corrected chi connectivity index (χ1v) is 10.6. The Balaban J connectivity index is 1.72. The zero-order valence-corrected chi connectivity index (χ0v) is 18.2. The molecule has 7 heteroatoms. The van der Waals surface area contributed by atoms with Gasteiger partial charge >= 0.3 is 5.97 Å². The molecule has 1 aliphatic rings. The Morgan fingerprint density at radius 1 is 1.13 bits per heavy atom. The average Bonchev–Trinajstić information content (AvgIpc) is 2.78. The summed E-state index contributed by atoms with van der Waals surface area (Å²) in [6.45, 7) is 5.28. The molecular weight excluding hydrogens is 390 g/mol. The molecule has 2 aromatic carbocycles. The molecule has 0 bridgehead atoms. The number of carbonyl (C=O) groups is 1. The Morgan fingerprint density at radius 2 is 1.84 bits per heavy atom. The van der Waals surface area contributed by atoms with E-state index in [4.69, 9.17) is 21.3 Å². The smallest absolute Gasteiger partial charge is 0.337 e. The minimum absolute atomic E-state index is 0.0112. The van der Waals surface area contributed by atoms with Crippen LogP contribution in [0.25, 0.3) is 11.1 Å². The Bertz CT molecular complexity index is 964. The Labute approximate surface area is 183 Å². The second kappa shape index (κ2) is 10.2. The van der Waals surface area contributed by atoms with E-state index in [1.54, 1.807) is 6.07 Å². The Hall–Kier alpha value is -3.19. The largest absolute Gasteiger partial charge is 0.465 e. The Kier molecular flexibility index (Phi) is 7.41. The fourth-order valence-electron chi connectivity index (χ4n) is 3.96. The van der Waals surface area contributed by atoms with Crippen molar-refractivity contribution in [2.45, 2.75) is 26.3 Å². The van der Waals surface area contributed by atoms with Crippen LogP contribution in [-0.2, 0) is 11.3 Å². The van der Waals surface area contributed by atoms with Gasteiger partial charge in [-0.25, -0.2) is 4.79 Å². The summed E-state index contributed by atoms with van der Waals surface area (Å²) >= 11 is 0. The number of nitrogens with zero attached hydrogens (tertiary/aromatic N) is 1. The van der Waals surface area contributed by atoms with Gasteiger partial charge in [0, 0.05) is 25.2 Å². The van der Waals surface area contributed by atoms with Gasteiger partial charge in [-0.2, -0.15) is 0 Å². The summed E-state index contributed by atoms with van der Waals surface area (Å²) < 4.78 is 4.94. The maximum absolute atomic E-state index is 12.2. The van der Waals surface area contributed by atoms with Crippen LogP contribution in [0.3, 0.4) is 0 Å². The molecule has 0 spiro atoms. The number of amidine groups is 2. The van der Waals surface area contributed by atoms with Crippen LogP contribution in [-0.4, -0.2) is 49.3 Å². The molecule has 0 radical (unpaired) electrons. The van der Waals surface area contributed by atoms with Crippen molar-refractivity contribution in [2.75, 3.05) is 26.7 Å². The van der Waals surface area contributed by atoms with E-state index in [9.17, 15) is 4.79 Å². The highest BCUT2D eigenvalue weighted by Crippen LogP contribution is 2.24. The number of nitrogens with two attached hydrogens (primary N) is 1. The minimum atomic E-state index is -0.375. The average molecular weight is 422 g/mol. The van der Waals surface area contributed by atoms with Crippen molar-refractivity contribution < 1.29 is 9.53 Å². The molecule has 5 N–H and O–H groups in total. The third-order valence-electron chi connectivity index (χ3n) is 5.77. The zero-order chi connectivity index (χ0) is 22.4. The lowest BCUT2D eigenvalue weighted by atomic mass is 9.96. The minimum Gasteiger partial charge on any atom is -0.465 e. The standard InChI is InChI=1S/C24H31N5O2/c1-16(25)29-8-6-17(7-9-29)14-28-15-18-10-21(13-22(11-18)24(30)31-2)19-4-3-5-20(12-19)23(26)27/h3-5,10-13,17,25,28H,6-9,14-15H2,1-2H3,(H3,26,27). The van der Waals surface area contributed by atoms with Gasteiger partial charge in [0.05, 0.1) is 18.5 Å². The van der Waals surface area contributed by atoms with Crippen LogP contribution in [0.15, 0.2) is 42.5 Å². The molecule has 0 aliphatic carbocycles. The van der Waals surface area contributed by atoms with E-state index in [0.717, 1.165) is 49.2 Å². The van der Waals surface area contributed by atoms with Crippen molar-refractivity contribution in [1.29, 1.82) is 10.8 Å². The molecule has 1 saturated heterocycles. The molecule has 0 amide bonds. The number of piperidine rings is 1. The summed E-state index contributed by atoms with van der Waals surface area (Å²) in [5.74, 6) is 0.871. The summed E-state index contributed by atoms with van der Waals surface area (Å²) in [5, 5.41) is 19.0. The highest BCUT2D eigenvalue weighted by Gasteiger charge is 2.19. The molecule has 0 atom stereocenters. The van der Waals surface area contributed by atoms with E-state index < -0.39 is 0 Å². The van der Waals surface area contributed by atoms with Gasteiger partial charge in [-0.3, -0.25) is 10.8 Å². The van der Waals surface area contributed by atoms with Crippen molar-refractivity contribution in [3.05, 3.63) is 59.2 Å². The lowest BCUT2D eigenvalue weighted by Crippen LogP contribution is -2.39. The van der Waals surface area contributed by atoms with Crippen LogP contribution < -0.4 is 11.1 Å². The van der Waals surface area contributed by atoms with E-state index >= 15 is 0 Å². The number of hydrogen-bond acceptors (Lipinski definition) is 5. The molecule has 1 heterocycles. The summed E-state index contributed by atoms with van der Waals surface area (Å²) in [7, 11) is 1.38. The summed E-state index contributed by atoms with van der Waals surface area (Å²) in [4.78, 5) is 14.3.